The fourth-order valence-electron chi connectivity index (χ4n) is 1.82. The molecule has 0 aliphatic rings. The molecule has 5 nitrogen and oxygen atoms in total. The molecular formula is C11H19N3O2. The van der Waals surface area contributed by atoms with Crippen molar-refractivity contribution in [2.24, 2.45) is 5.92 Å². The number of hydrogen-bond acceptors (Lipinski definition) is 3. The third kappa shape index (κ3) is 2.23. The van der Waals surface area contributed by atoms with E-state index in [0.29, 0.717) is 5.82 Å². The number of carboxylic acid groups (broad SMARTS) is 1. The van der Waals surface area contributed by atoms with Gasteiger partial charge in [0.15, 0.2) is 0 Å². The predicted molar refractivity (Wildman–Crippen MR) is 60.4 cm³/mol. The highest BCUT2D eigenvalue weighted by atomic mass is 16.4. The zero-order chi connectivity index (χ0) is 12.5. The summed E-state index contributed by atoms with van der Waals surface area (Å²) < 4.78 is 1.73. The number of aromatic nitrogens is 3. The van der Waals surface area contributed by atoms with Crippen LogP contribution < -0.4 is 0 Å². The molecule has 1 rings (SSSR count). The normalized spacial score (nSPS) is 13.4. The van der Waals surface area contributed by atoms with Crippen molar-refractivity contribution in [3.05, 3.63) is 11.6 Å². The van der Waals surface area contributed by atoms with Crippen LogP contribution in [0, 0.1) is 12.8 Å². The van der Waals surface area contributed by atoms with Gasteiger partial charge in [0.2, 0.25) is 0 Å². The van der Waals surface area contributed by atoms with Gasteiger partial charge in [-0.2, -0.15) is 0 Å². The maximum Gasteiger partial charge on any atom is 0.327 e. The number of hydrogen-bond donors (Lipinski definition) is 1. The predicted octanol–water partition coefficient (Wildman–Crippen LogP) is 1.99. The lowest BCUT2D eigenvalue weighted by Gasteiger charge is -2.21. The molecule has 0 bridgehead atoms. The van der Waals surface area contributed by atoms with Crippen LogP contribution in [0.5, 0.6) is 0 Å². The Kier molecular flexibility index (Phi) is 3.67. The van der Waals surface area contributed by atoms with Gasteiger partial charge in [0.1, 0.15) is 17.7 Å². The highest BCUT2D eigenvalue weighted by Gasteiger charge is 2.28. The van der Waals surface area contributed by atoms with Gasteiger partial charge in [-0.05, 0) is 12.8 Å². The minimum atomic E-state index is -0.834. The summed E-state index contributed by atoms with van der Waals surface area (Å²) in [4.78, 5) is 11.3. The lowest BCUT2D eigenvalue weighted by Crippen LogP contribution is -2.27. The summed E-state index contributed by atoms with van der Waals surface area (Å²) in [5, 5.41) is 17.3. The molecule has 0 saturated carbocycles. The number of rotatable bonds is 4. The second kappa shape index (κ2) is 4.63. The largest absolute Gasteiger partial charge is 0.480 e. The fourth-order valence-corrected chi connectivity index (χ4v) is 1.82. The average molecular weight is 225 g/mol. The lowest BCUT2D eigenvalue weighted by atomic mass is 10.0. The van der Waals surface area contributed by atoms with E-state index < -0.39 is 12.0 Å². The van der Waals surface area contributed by atoms with Crippen LogP contribution in [-0.4, -0.2) is 25.8 Å². The van der Waals surface area contributed by atoms with E-state index in [-0.39, 0.29) is 11.8 Å². The van der Waals surface area contributed by atoms with E-state index >= 15 is 0 Å². The van der Waals surface area contributed by atoms with E-state index in [2.05, 4.69) is 10.2 Å². The summed E-state index contributed by atoms with van der Waals surface area (Å²) in [6.07, 6.45) is 0. The molecule has 0 aliphatic heterocycles. The number of aliphatic carboxylic acids is 1. The van der Waals surface area contributed by atoms with Gasteiger partial charge in [-0.15, -0.1) is 10.2 Å². The van der Waals surface area contributed by atoms with E-state index in [1.54, 1.807) is 11.5 Å². The van der Waals surface area contributed by atoms with Gasteiger partial charge in [-0.25, -0.2) is 4.79 Å². The highest BCUT2D eigenvalue weighted by molar-refractivity contribution is 5.72. The molecule has 1 unspecified atom stereocenters. The van der Waals surface area contributed by atoms with Crippen molar-refractivity contribution in [1.29, 1.82) is 0 Å². The van der Waals surface area contributed by atoms with Crippen LogP contribution in [0.25, 0.3) is 0 Å². The number of nitrogens with zero attached hydrogens (tertiary/aromatic N) is 3. The van der Waals surface area contributed by atoms with Crippen LogP contribution in [0.3, 0.4) is 0 Å². The van der Waals surface area contributed by atoms with Gasteiger partial charge >= 0.3 is 5.97 Å². The molecule has 0 radical (unpaired) electrons. The summed E-state index contributed by atoms with van der Waals surface area (Å²) >= 11 is 0. The summed E-state index contributed by atoms with van der Waals surface area (Å²) in [6.45, 7) is 9.54. The third-order valence-corrected chi connectivity index (χ3v) is 2.57. The SMILES string of the molecule is Cc1nnc(C(C)C)n1C(C(=O)O)C(C)C. The van der Waals surface area contributed by atoms with E-state index in [9.17, 15) is 9.90 Å². The van der Waals surface area contributed by atoms with Crippen molar-refractivity contribution >= 4 is 5.97 Å². The molecule has 0 aliphatic carbocycles. The van der Waals surface area contributed by atoms with E-state index in [0.717, 1.165) is 5.82 Å². The first kappa shape index (κ1) is 12.7. The second-order valence-corrected chi connectivity index (χ2v) is 4.66. The minimum Gasteiger partial charge on any atom is -0.480 e. The summed E-state index contributed by atoms with van der Waals surface area (Å²) in [5.74, 6) is 0.731. The van der Waals surface area contributed by atoms with Gasteiger partial charge in [0, 0.05) is 5.92 Å². The Morgan fingerprint density at radius 3 is 2.19 bits per heavy atom. The maximum absolute atomic E-state index is 11.3. The summed E-state index contributed by atoms with van der Waals surface area (Å²) in [7, 11) is 0. The minimum absolute atomic E-state index is 0.00435. The number of carbonyl (C=O) groups is 1. The summed E-state index contributed by atoms with van der Waals surface area (Å²) in [5.41, 5.74) is 0. The number of aryl methyl sites for hydroxylation is 1. The molecule has 0 fully saturated rings. The smallest absolute Gasteiger partial charge is 0.327 e. The van der Waals surface area contributed by atoms with Crippen molar-refractivity contribution in [3.8, 4) is 0 Å². The van der Waals surface area contributed by atoms with E-state index in [1.165, 1.54) is 0 Å². The van der Waals surface area contributed by atoms with E-state index in [4.69, 9.17) is 0 Å². The lowest BCUT2D eigenvalue weighted by molar-refractivity contribution is -0.142. The van der Waals surface area contributed by atoms with Crippen LogP contribution in [0.1, 0.15) is 51.3 Å². The Labute approximate surface area is 95.5 Å². The quantitative estimate of drug-likeness (QED) is 0.850. The Morgan fingerprint density at radius 2 is 1.81 bits per heavy atom. The van der Waals surface area contributed by atoms with E-state index in [1.807, 2.05) is 27.7 Å². The Bertz CT molecular complexity index is 383. The van der Waals surface area contributed by atoms with Gasteiger partial charge in [0.05, 0.1) is 0 Å². The molecule has 0 saturated heterocycles. The van der Waals surface area contributed by atoms with Crippen LogP contribution >= 0.6 is 0 Å². The second-order valence-electron chi connectivity index (χ2n) is 4.66. The molecule has 1 atom stereocenters. The molecular weight excluding hydrogens is 206 g/mol. The van der Waals surface area contributed by atoms with Crippen molar-refractivity contribution < 1.29 is 9.90 Å². The Morgan fingerprint density at radius 1 is 1.25 bits per heavy atom. The molecule has 1 aromatic rings. The van der Waals surface area contributed by atoms with Gasteiger partial charge in [-0.3, -0.25) is 0 Å². The molecule has 5 heteroatoms. The fraction of sp³-hybridized carbons (Fsp3) is 0.727. The highest BCUT2D eigenvalue weighted by Crippen LogP contribution is 2.24. The summed E-state index contributed by atoms with van der Waals surface area (Å²) in [6, 6.07) is -0.590. The standard InChI is InChI=1S/C11H19N3O2/c1-6(2)9(11(15)16)14-8(5)12-13-10(14)7(3)4/h6-7,9H,1-5H3,(H,15,16). The first-order chi connectivity index (χ1) is 7.36. The molecule has 1 heterocycles. The molecule has 90 valence electrons. The van der Waals surface area contributed by atoms with Gasteiger partial charge in [-0.1, -0.05) is 27.7 Å². The first-order valence-corrected chi connectivity index (χ1v) is 5.50. The first-order valence-electron chi connectivity index (χ1n) is 5.50. The molecule has 1 aromatic heterocycles. The number of carboxylic acids is 1. The zero-order valence-corrected chi connectivity index (χ0v) is 10.4. The van der Waals surface area contributed by atoms with Crippen LogP contribution in [-0.2, 0) is 4.79 Å². The maximum atomic E-state index is 11.3. The van der Waals surface area contributed by atoms with Gasteiger partial charge in [0.25, 0.3) is 0 Å². The molecule has 0 spiro atoms. The van der Waals surface area contributed by atoms with Crippen molar-refractivity contribution in [3.63, 3.8) is 0 Å². The van der Waals surface area contributed by atoms with Crippen molar-refractivity contribution in [1.82, 2.24) is 14.8 Å². The van der Waals surface area contributed by atoms with Crippen molar-refractivity contribution in [2.75, 3.05) is 0 Å². The van der Waals surface area contributed by atoms with Crippen molar-refractivity contribution in [2.45, 2.75) is 46.6 Å². The Balaban J connectivity index is 3.28. The molecule has 0 amide bonds. The van der Waals surface area contributed by atoms with Crippen LogP contribution in [0.4, 0.5) is 0 Å². The zero-order valence-electron chi connectivity index (χ0n) is 10.4. The van der Waals surface area contributed by atoms with Crippen LogP contribution in [0.2, 0.25) is 0 Å². The average Bonchev–Trinajstić information content (AvgIpc) is 2.47. The van der Waals surface area contributed by atoms with Crippen LogP contribution in [0.15, 0.2) is 0 Å². The third-order valence-electron chi connectivity index (χ3n) is 2.57. The monoisotopic (exact) mass is 225 g/mol. The van der Waals surface area contributed by atoms with Gasteiger partial charge < -0.3 is 9.67 Å². The molecule has 0 aromatic carbocycles. The molecule has 16 heavy (non-hydrogen) atoms. The Hall–Kier alpha value is -1.39. The topological polar surface area (TPSA) is 68.0 Å². The molecule has 1 N–H and O–H groups in total.